The van der Waals surface area contributed by atoms with Crippen molar-refractivity contribution in [3.05, 3.63) is 18.1 Å². The molecule has 27 heavy (non-hydrogen) atoms. The van der Waals surface area contributed by atoms with Crippen molar-refractivity contribution in [2.45, 2.75) is 50.2 Å². The summed E-state index contributed by atoms with van der Waals surface area (Å²) in [5, 5.41) is 2.29. The molecule has 1 heterocycles. The molecular formula is C14H13F8N3O2. The number of nitrogens with one attached hydrogen (secondary N) is 1. The van der Waals surface area contributed by atoms with Crippen molar-refractivity contribution in [3.8, 4) is 5.88 Å². The summed E-state index contributed by atoms with van der Waals surface area (Å²) in [6.07, 6.45) is -15.8. The van der Waals surface area contributed by atoms with E-state index in [1.54, 1.807) is 0 Å². The first kappa shape index (κ1) is 21.1. The summed E-state index contributed by atoms with van der Waals surface area (Å²) in [7, 11) is 0. The van der Waals surface area contributed by atoms with Gasteiger partial charge in [0.05, 0.1) is 12.2 Å². The normalized spacial score (nSPS) is 17.5. The summed E-state index contributed by atoms with van der Waals surface area (Å²) in [4.78, 5) is 18.4. The molecule has 1 aromatic heterocycles. The Labute approximate surface area is 147 Å². The highest BCUT2D eigenvalue weighted by molar-refractivity contribution is 5.76. The van der Waals surface area contributed by atoms with E-state index in [1.165, 1.54) is 0 Å². The highest BCUT2D eigenvalue weighted by atomic mass is 19.4. The van der Waals surface area contributed by atoms with E-state index in [2.05, 4.69) is 20.0 Å². The topological polar surface area (TPSA) is 64.1 Å². The molecule has 1 aromatic rings. The van der Waals surface area contributed by atoms with Crippen molar-refractivity contribution >= 4 is 5.91 Å². The molecule has 0 saturated heterocycles. The van der Waals surface area contributed by atoms with Gasteiger partial charge >= 0.3 is 12.4 Å². The summed E-state index contributed by atoms with van der Waals surface area (Å²) in [6.45, 7) is -0.344. The van der Waals surface area contributed by atoms with E-state index in [0.717, 1.165) is 0 Å². The Hall–Kier alpha value is -2.21. The van der Waals surface area contributed by atoms with Crippen LogP contribution in [0.25, 0.3) is 0 Å². The molecule has 0 bridgehead atoms. The first-order chi connectivity index (χ1) is 12.3. The lowest BCUT2D eigenvalue weighted by Gasteiger charge is -2.34. The molecule has 1 N–H and O–H groups in total. The van der Waals surface area contributed by atoms with Gasteiger partial charge in [0.2, 0.25) is 17.7 Å². The van der Waals surface area contributed by atoms with Gasteiger partial charge in [-0.1, -0.05) is 0 Å². The average molecular weight is 407 g/mol. The number of nitrogens with zero attached hydrogens (tertiary/aromatic N) is 2. The number of ether oxygens (including phenoxy) is 1. The van der Waals surface area contributed by atoms with Crippen molar-refractivity contribution in [3.63, 3.8) is 0 Å². The second-order valence-corrected chi connectivity index (χ2v) is 6.04. The minimum absolute atomic E-state index is 0.115. The molecule has 1 aliphatic rings. The first-order valence-electron chi connectivity index (χ1n) is 7.52. The van der Waals surface area contributed by atoms with Crippen LogP contribution in [0.3, 0.4) is 0 Å². The van der Waals surface area contributed by atoms with Crippen molar-refractivity contribution in [1.82, 2.24) is 15.3 Å². The number of hydrogen-bond donors (Lipinski definition) is 1. The van der Waals surface area contributed by atoms with E-state index in [4.69, 9.17) is 0 Å². The maximum absolute atomic E-state index is 12.7. The number of halogens is 8. The van der Waals surface area contributed by atoms with Gasteiger partial charge in [0, 0.05) is 25.3 Å². The zero-order chi connectivity index (χ0) is 20.5. The van der Waals surface area contributed by atoms with Gasteiger partial charge in [-0.15, -0.1) is 0 Å². The van der Waals surface area contributed by atoms with E-state index >= 15 is 0 Å². The van der Waals surface area contributed by atoms with Crippen LogP contribution < -0.4 is 10.1 Å². The van der Waals surface area contributed by atoms with Gasteiger partial charge in [0.1, 0.15) is 6.33 Å². The molecule has 1 aliphatic carbocycles. The Morgan fingerprint density at radius 2 is 1.78 bits per heavy atom. The van der Waals surface area contributed by atoms with Crippen LogP contribution in [0, 0.1) is 5.92 Å². The van der Waals surface area contributed by atoms with Gasteiger partial charge in [-0.3, -0.25) is 4.79 Å². The second kappa shape index (κ2) is 7.43. The van der Waals surface area contributed by atoms with Gasteiger partial charge in [-0.05, 0) is 5.92 Å². The zero-order valence-corrected chi connectivity index (χ0v) is 13.4. The quantitative estimate of drug-likeness (QED) is 0.735. The van der Waals surface area contributed by atoms with Crippen molar-refractivity contribution < 1.29 is 44.7 Å². The lowest BCUT2D eigenvalue weighted by Crippen LogP contribution is -2.46. The van der Waals surface area contributed by atoms with Crippen LogP contribution in [0.15, 0.2) is 12.4 Å². The molecule has 0 aromatic carbocycles. The molecule has 1 amide bonds. The smallest absolute Gasteiger partial charge is 0.434 e. The number of hydrogen-bond acceptors (Lipinski definition) is 4. The van der Waals surface area contributed by atoms with Crippen LogP contribution >= 0.6 is 0 Å². The van der Waals surface area contributed by atoms with E-state index in [0.29, 0.717) is 12.4 Å². The number of rotatable bonds is 6. The van der Waals surface area contributed by atoms with Crippen LogP contribution in [0.2, 0.25) is 0 Å². The molecule has 0 spiro atoms. The van der Waals surface area contributed by atoms with Crippen molar-refractivity contribution in [2.75, 3.05) is 0 Å². The van der Waals surface area contributed by atoms with Crippen LogP contribution in [0.1, 0.15) is 25.0 Å². The second-order valence-electron chi connectivity index (χ2n) is 6.04. The SMILES string of the molecule is O=C(CC1CC(F)(F)C1)NCc1cc(OC(C(F)(F)F)C(F)(F)F)ncn1. The minimum Gasteiger partial charge on any atom is -0.455 e. The van der Waals surface area contributed by atoms with Crippen LogP contribution in [-0.2, 0) is 11.3 Å². The Morgan fingerprint density at radius 1 is 1.19 bits per heavy atom. The van der Waals surface area contributed by atoms with Gasteiger partial charge in [-0.25, -0.2) is 18.7 Å². The van der Waals surface area contributed by atoms with Crippen molar-refractivity contribution in [2.24, 2.45) is 5.92 Å². The molecule has 0 radical (unpaired) electrons. The third kappa shape index (κ3) is 6.17. The average Bonchev–Trinajstić information content (AvgIpc) is 2.47. The van der Waals surface area contributed by atoms with Crippen molar-refractivity contribution in [1.29, 1.82) is 0 Å². The fourth-order valence-electron chi connectivity index (χ4n) is 2.43. The summed E-state index contributed by atoms with van der Waals surface area (Å²) in [5.74, 6) is -4.84. The Morgan fingerprint density at radius 3 is 2.30 bits per heavy atom. The third-order valence-electron chi connectivity index (χ3n) is 3.65. The van der Waals surface area contributed by atoms with Crippen LogP contribution in [0.4, 0.5) is 35.1 Å². The Balaban J connectivity index is 1.92. The molecular weight excluding hydrogens is 394 g/mol. The lowest BCUT2D eigenvalue weighted by molar-refractivity contribution is -0.300. The van der Waals surface area contributed by atoms with E-state index < -0.39 is 54.9 Å². The molecule has 152 valence electrons. The lowest BCUT2D eigenvalue weighted by atomic mass is 9.79. The molecule has 1 fully saturated rings. The summed E-state index contributed by atoms with van der Waals surface area (Å²) < 4.78 is 104. The Bertz CT molecular complexity index is 655. The molecule has 1 saturated carbocycles. The van der Waals surface area contributed by atoms with Crippen LogP contribution in [-0.4, -0.2) is 40.3 Å². The third-order valence-corrected chi connectivity index (χ3v) is 3.65. The number of amides is 1. The largest absolute Gasteiger partial charge is 0.455 e. The molecule has 5 nitrogen and oxygen atoms in total. The minimum atomic E-state index is -5.71. The zero-order valence-electron chi connectivity index (χ0n) is 13.4. The maximum Gasteiger partial charge on any atom is 0.434 e. The molecule has 13 heteroatoms. The molecule has 0 atom stereocenters. The molecule has 0 aliphatic heterocycles. The van der Waals surface area contributed by atoms with E-state index in [-0.39, 0.29) is 18.7 Å². The summed E-state index contributed by atoms with van der Waals surface area (Å²) in [5.41, 5.74) is -0.115. The standard InChI is InChI=1S/C14H13F8N3O2/c15-12(16)3-7(4-12)1-9(26)23-5-8-2-10(25-6-24-8)27-11(13(17,18)19)14(20,21)22/h2,6-7,11H,1,3-5H2,(H,23,26). The van der Waals surface area contributed by atoms with E-state index in [9.17, 15) is 39.9 Å². The van der Waals surface area contributed by atoms with Gasteiger partial charge in [0.15, 0.2) is 0 Å². The van der Waals surface area contributed by atoms with Gasteiger partial charge in [-0.2, -0.15) is 26.3 Å². The predicted octanol–water partition coefficient (Wildman–Crippen LogP) is 3.40. The molecule has 0 unspecified atom stereocenters. The monoisotopic (exact) mass is 407 g/mol. The highest BCUT2D eigenvalue weighted by Gasteiger charge is 2.59. The van der Waals surface area contributed by atoms with E-state index in [1.807, 2.05) is 0 Å². The summed E-state index contributed by atoms with van der Waals surface area (Å²) >= 11 is 0. The molecule has 2 rings (SSSR count). The van der Waals surface area contributed by atoms with Crippen LogP contribution in [0.5, 0.6) is 5.88 Å². The number of aromatic nitrogens is 2. The summed E-state index contributed by atoms with van der Waals surface area (Å²) in [6, 6.07) is 0.711. The first-order valence-corrected chi connectivity index (χ1v) is 7.52. The highest BCUT2D eigenvalue weighted by Crippen LogP contribution is 2.44. The van der Waals surface area contributed by atoms with Gasteiger partial charge in [0.25, 0.3) is 6.10 Å². The van der Waals surface area contributed by atoms with Gasteiger partial charge < -0.3 is 10.1 Å². The number of carbonyl (C=O) groups is 1. The predicted molar refractivity (Wildman–Crippen MR) is 72.7 cm³/mol. The fourth-order valence-corrected chi connectivity index (χ4v) is 2.43. The number of alkyl halides is 8. The maximum atomic E-state index is 12.7. The Kier molecular flexibility index (Phi) is 5.80. The number of carbonyl (C=O) groups excluding carboxylic acids is 1. The fraction of sp³-hybridized carbons (Fsp3) is 0.643.